The number of anilines is 1. The van der Waals surface area contributed by atoms with Gasteiger partial charge in [-0.1, -0.05) is 26.7 Å². The highest BCUT2D eigenvalue weighted by Crippen LogP contribution is 2.13. The van der Waals surface area contributed by atoms with Crippen LogP contribution in [0.1, 0.15) is 63.2 Å². The smallest absolute Gasteiger partial charge is 0.253 e. The standard InChI is InChI=1S/C18H28N2O2/c1-4-7-9-17(21)19-16-12-10-15(11-13-16)18(22)20(6-3)14-8-5-2/h10-13H,4-9,14H2,1-3H3,(H,19,21). The van der Waals surface area contributed by atoms with Crippen LogP contribution in [0.4, 0.5) is 5.69 Å². The highest BCUT2D eigenvalue weighted by molar-refractivity contribution is 5.95. The summed E-state index contributed by atoms with van der Waals surface area (Å²) >= 11 is 0. The van der Waals surface area contributed by atoms with E-state index >= 15 is 0 Å². The number of nitrogens with zero attached hydrogens (tertiary/aromatic N) is 1. The fourth-order valence-electron chi connectivity index (χ4n) is 2.19. The van der Waals surface area contributed by atoms with E-state index in [9.17, 15) is 9.59 Å². The molecule has 1 N–H and O–H groups in total. The third-order valence-electron chi connectivity index (χ3n) is 3.62. The van der Waals surface area contributed by atoms with Gasteiger partial charge in [-0.3, -0.25) is 9.59 Å². The maximum Gasteiger partial charge on any atom is 0.253 e. The van der Waals surface area contributed by atoms with Gasteiger partial charge in [0, 0.05) is 30.8 Å². The highest BCUT2D eigenvalue weighted by Gasteiger charge is 2.13. The van der Waals surface area contributed by atoms with E-state index in [1.54, 1.807) is 24.3 Å². The van der Waals surface area contributed by atoms with Crippen molar-refractivity contribution in [2.75, 3.05) is 18.4 Å². The molecule has 2 amide bonds. The van der Waals surface area contributed by atoms with Crippen molar-refractivity contribution in [3.05, 3.63) is 29.8 Å². The van der Waals surface area contributed by atoms with Crippen molar-refractivity contribution < 1.29 is 9.59 Å². The van der Waals surface area contributed by atoms with Gasteiger partial charge >= 0.3 is 0 Å². The van der Waals surface area contributed by atoms with Gasteiger partial charge in [0.2, 0.25) is 5.91 Å². The zero-order chi connectivity index (χ0) is 16.4. The van der Waals surface area contributed by atoms with Gasteiger partial charge < -0.3 is 10.2 Å². The Morgan fingerprint density at radius 3 is 2.18 bits per heavy atom. The molecule has 0 aliphatic rings. The molecule has 0 saturated heterocycles. The zero-order valence-corrected chi connectivity index (χ0v) is 14.0. The summed E-state index contributed by atoms with van der Waals surface area (Å²) in [5.74, 6) is 0.0823. The molecule has 0 unspecified atom stereocenters. The predicted molar refractivity (Wildman–Crippen MR) is 91.1 cm³/mol. The molecular weight excluding hydrogens is 276 g/mol. The van der Waals surface area contributed by atoms with Gasteiger partial charge in [-0.2, -0.15) is 0 Å². The first-order valence-corrected chi connectivity index (χ1v) is 8.31. The molecule has 1 rings (SSSR count). The van der Waals surface area contributed by atoms with E-state index in [0.29, 0.717) is 18.5 Å². The fraction of sp³-hybridized carbons (Fsp3) is 0.556. The van der Waals surface area contributed by atoms with Gasteiger partial charge in [0.15, 0.2) is 0 Å². The molecule has 0 radical (unpaired) electrons. The van der Waals surface area contributed by atoms with Crippen LogP contribution in [0.3, 0.4) is 0 Å². The molecule has 0 aliphatic heterocycles. The Hall–Kier alpha value is -1.84. The molecule has 22 heavy (non-hydrogen) atoms. The summed E-state index contributed by atoms with van der Waals surface area (Å²) in [6, 6.07) is 7.16. The fourth-order valence-corrected chi connectivity index (χ4v) is 2.19. The maximum absolute atomic E-state index is 12.4. The lowest BCUT2D eigenvalue weighted by Crippen LogP contribution is -2.31. The number of carbonyl (C=O) groups is 2. The van der Waals surface area contributed by atoms with Crippen molar-refractivity contribution in [3.8, 4) is 0 Å². The molecular formula is C18H28N2O2. The summed E-state index contributed by atoms with van der Waals surface area (Å²) in [4.78, 5) is 25.9. The molecule has 0 fully saturated rings. The van der Waals surface area contributed by atoms with Crippen LogP contribution in [0, 0.1) is 0 Å². The second-order valence-electron chi connectivity index (χ2n) is 5.47. The van der Waals surface area contributed by atoms with Gasteiger partial charge in [-0.15, -0.1) is 0 Å². The Kier molecular flexibility index (Phi) is 8.26. The molecule has 0 atom stereocenters. The number of amides is 2. The van der Waals surface area contributed by atoms with Crippen LogP contribution in [0.2, 0.25) is 0 Å². The average Bonchev–Trinajstić information content (AvgIpc) is 2.54. The molecule has 0 spiro atoms. The van der Waals surface area contributed by atoms with E-state index in [0.717, 1.165) is 37.9 Å². The van der Waals surface area contributed by atoms with Gasteiger partial charge in [0.05, 0.1) is 0 Å². The van der Waals surface area contributed by atoms with Crippen LogP contribution in [0.5, 0.6) is 0 Å². The first-order valence-electron chi connectivity index (χ1n) is 8.31. The van der Waals surface area contributed by atoms with Gasteiger partial charge in [0.25, 0.3) is 5.91 Å². The van der Waals surface area contributed by atoms with Crippen molar-refractivity contribution in [3.63, 3.8) is 0 Å². The molecule has 122 valence electrons. The van der Waals surface area contributed by atoms with Gasteiger partial charge in [-0.25, -0.2) is 0 Å². The Morgan fingerprint density at radius 2 is 1.64 bits per heavy atom. The Balaban J connectivity index is 2.63. The molecule has 0 aliphatic carbocycles. The lowest BCUT2D eigenvalue weighted by molar-refractivity contribution is -0.116. The van der Waals surface area contributed by atoms with Crippen LogP contribution in [0.25, 0.3) is 0 Å². The Morgan fingerprint density at radius 1 is 1.00 bits per heavy atom. The normalized spacial score (nSPS) is 10.3. The van der Waals surface area contributed by atoms with Gasteiger partial charge in [0.1, 0.15) is 0 Å². The first kappa shape index (κ1) is 18.2. The summed E-state index contributed by atoms with van der Waals surface area (Å²) in [5.41, 5.74) is 1.42. The summed E-state index contributed by atoms with van der Waals surface area (Å²) in [5, 5.41) is 2.86. The number of rotatable bonds is 9. The van der Waals surface area contributed by atoms with Crippen molar-refractivity contribution in [2.45, 2.75) is 52.9 Å². The Labute approximate surface area is 133 Å². The summed E-state index contributed by atoms with van der Waals surface area (Å²) < 4.78 is 0. The second kappa shape index (κ2) is 9.98. The molecule has 0 aromatic heterocycles. The van der Waals surface area contributed by atoms with E-state index in [-0.39, 0.29) is 11.8 Å². The number of benzene rings is 1. The van der Waals surface area contributed by atoms with Crippen molar-refractivity contribution in [1.82, 2.24) is 4.90 Å². The number of hydrogen-bond acceptors (Lipinski definition) is 2. The molecule has 4 heteroatoms. The van der Waals surface area contributed by atoms with Crippen LogP contribution in [0.15, 0.2) is 24.3 Å². The largest absolute Gasteiger partial charge is 0.339 e. The van der Waals surface area contributed by atoms with Crippen molar-refractivity contribution in [1.29, 1.82) is 0 Å². The summed E-state index contributed by atoms with van der Waals surface area (Å²) in [6.45, 7) is 7.69. The highest BCUT2D eigenvalue weighted by atomic mass is 16.2. The molecule has 0 heterocycles. The molecule has 0 saturated carbocycles. The quantitative estimate of drug-likeness (QED) is 0.747. The SMILES string of the molecule is CCCCC(=O)Nc1ccc(C(=O)N(CC)CCCC)cc1. The van der Waals surface area contributed by atoms with Crippen LogP contribution < -0.4 is 5.32 Å². The zero-order valence-electron chi connectivity index (χ0n) is 14.0. The Bertz CT molecular complexity index is 468. The lowest BCUT2D eigenvalue weighted by atomic mass is 10.1. The van der Waals surface area contributed by atoms with E-state index in [1.165, 1.54) is 0 Å². The molecule has 4 nitrogen and oxygen atoms in total. The van der Waals surface area contributed by atoms with Gasteiger partial charge in [-0.05, 0) is 44.0 Å². The topological polar surface area (TPSA) is 49.4 Å². The van der Waals surface area contributed by atoms with Crippen molar-refractivity contribution in [2.24, 2.45) is 0 Å². The van der Waals surface area contributed by atoms with E-state index < -0.39 is 0 Å². The number of nitrogens with one attached hydrogen (secondary N) is 1. The second-order valence-corrected chi connectivity index (χ2v) is 5.47. The number of carbonyl (C=O) groups excluding carboxylic acids is 2. The monoisotopic (exact) mass is 304 g/mol. The molecule has 1 aromatic rings. The first-order chi connectivity index (χ1) is 10.6. The van der Waals surface area contributed by atoms with Crippen molar-refractivity contribution >= 4 is 17.5 Å². The third-order valence-corrected chi connectivity index (χ3v) is 3.62. The minimum atomic E-state index is 0.0269. The lowest BCUT2D eigenvalue weighted by Gasteiger charge is -2.20. The third kappa shape index (κ3) is 5.88. The van der Waals surface area contributed by atoms with Crippen LogP contribution in [-0.2, 0) is 4.79 Å². The van der Waals surface area contributed by atoms with E-state index in [4.69, 9.17) is 0 Å². The minimum Gasteiger partial charge on any atom is -0.339 e. The number of unbranched alkanes of at least 4 members (excludes halogenated alkanes) is 2. The van der Waals surface area contributed by atoms with Crippen LogP contribution >= 0.6 is 0 Å². The van der Waals surface area contributed by atoms with E-state index in [1.807, 2.05) is 11.8 Å². The summed E-state index contributed by atoms with van der Waals surface area (Å²) in [7, 11) is 0. The van der Waals surface area contributed by atoms with E-state index in [2.05, 4.69) is 19.2 Å². The molecule has 0 bridgehead atoms. The summed E-state index contributed by atoms with van der Waals surface area (Å²) in [6.07, 6.45) is 4.53. The maximum atomic E-state index is 12.4. The minimum absolute atomic E-state index is 0.0269. The molecule has 1 aromatic carbocycles. The number of hydrogen-bond donors (Lipinski definition) is 1. The predicted octanol–water partition coefficient (Wildman–Crippen LogP) is 4.08. The average molecular weight is 304 g/mol. The van der Waals surface area contributed by atoms with Crippen LogP contribution in [-0.4, -0.2) is 29.8 Å².